The highest BCUT2D eigenvalue weighted by atomic mass is 32.2. The quantitative estimate of drug-likeness (QED) is 0.234. The van der Waals surface area contributed by atoms with Crippen molar-refractivity contribution >= 4 is 55.2 Å². The molecule has 0 aliphatic carbocycles. The third-order valence-corrected chi connectivity index (χ3v) is 9.11. The number of benzene rings is 3. The van der Waals surface area contributed by atoms with Crippen LogP contribution in [0.3, 0.4) is 0 Å². The van der Waals surface area contributed by atoms with Gasteiger partial charge in [-0.3, -0.25) is 0 Å². The molecule has 10 heteroatoms. The second-order valence-electron chi connectivity index (χ2n) is 8.42. The highest BCUT2D eigenvalue weighted by Gasteiger charge is 2.30. The maximum Gasteiger partial charge on any atom is 0.265 e. The molecule has 0 unspecified atom stereocenters. The van der Waals surface area contributed by atoms with Gasteiger partial charge in [-0.05, 0) is 39.0 Å². The Morgan fingerprint density at radius 2 is 1.76 bits per heavy atom. The van der Waals surface area contributed by atoms with Gasteiger partial charge in [-0.15, -0.1) is 0 Å². The minimum atomic E-state index is -4.27. The first kappa shape index (κ1) is 25.6. The minimum Gasteiger partial charge on any atom is -0.744 e. The Balaban J connectivity index is 0.000000215. The van der Waals surface area contributed by atoms with Crippen LogP contribution in [-0.2, 0) is 16.7 Å². The molecule has 0 fully saturated rings. The molecule has 0 saturated carbocycles. The molecule has 0 atom stereocenters. The van der Waals surface area contributed by atoms with Gasteiger partial charge in [0.05, 0.1) is 21.7 Å². The summed E-state index contributed by atoms with van der Waals surface area (Å²) >= 11 is 3.65. The average Bonchev–Trinajstić information content (AvgIpc) is 3.56. The number of rotatable bonds is 4. The number of thiazole rings is 1. The maximum absolute atomic E-state index is 10.4. The van der Waals surface area contributed by atoms with Crippen LogP contribution in [-0.4, -0.2) is 26.3 Å². The number of hydrogen-bond acceptors (Lipinski definition) is 8. The Bertz CT molecular complexity index is 1590. The Kier molecular flexibility index (Phi) is 7.17. The average molecular weight is 555 g/mol. The third-order valence-electron chi connectivity index (χ3n) is 6.05. The molecular formula is C27H26N2O5S3. The topological polar surface area (TPSA) is 82.8 Å². The van der Waals surface area contributed by atoms with Gasteiger partial charge < -0.3 is 18.9 Å². The predicted molar refractivity (Wildman–Crippen MR) is 146 cm³/mol. The van der Waals surface area contributed by atoms with E-state index in [0.29, 0.717) is 6.79 Å². The summed E-state index contributed by atoms with van der Waals surface area (Å²) in [5, 5.41) is 2.53. The van der Waals surface area contributed by atoms with E-state index < -0.39 is 10.1 Å². The summed E-state index contributed by atoms with van der Waals surface area (Å²) < 4.78 is 46.0. The van der Waals surface area contributed by atoms with Crippen LogP contribution in [0.1, 0.15) is 24.4 Å². The molecule has 0 bridgehead atoms. The Morgan fingerprint density at radius 1 is 1.05 bits per heavy atom. The van der Waals surface area contributed by atoms with Crippen LogP contribution in [0.15, 0.2) is 75.5 Å². The molecule has 7 nitrogen and oxygen atoms in total. The van der Waals surface area contributed by atoms with Crippen LogP contribution >= 0.6 is 23.1 Å². The van der Waals surface area contributed by atoms with Crippen molar-refractivity contribution in [3.63, 3.8) is 0 Å². The molecule has 1 aromatic heterocycles. The van der Waals surface area contributed by atoms with E-state index in [9.17, 15) is 13.0 Å². The molecule has 0 spiro atoms. The van der Waals surface area contributed by atoms with E-state index in [2.05, 4.69) is 65.8 Å². The standard InChI is InChI=1S/C20H19N2O2S2.C7H8O3S/c1-3-21-13-7-5-6-8-17(13)25-19(21)11-20-22(4-2)14-9-15-16(24-12-23-15)10-18(14)26-20;1-6-2-4-7(5-3-6)11(8,9)10/h5-11H,3-4,12H2,1-2H3;2-5H,1H3,(H,8,9,10)/q+1;/p-1. The van der Waals surface area contributed by atoms with Crippen molar-refractivity contribution in [2.75, 3.05) is 18.2 Å². The van der Waals surface area contributed by atoms with Crippen molar-refractivity contribution in [3.05, 3.63) is 76.3 Å². The molecule has 2 aliphatic rings. The highest BCUT2D eigenvalue weighted by Crippen LogP contribution is 2.51. The fraction of sp³-hybridized carbons (Fsp3) is 0.222. The van der Waals surface area contributed by atoms with Gasteiger partial charge in [0.25, 0.3) is 5.01 Å². The van der Waals surface area contributed by atoms with Gasteiger partial charge in [0.1, 0.15) is 21.4 Å². The number of aromatic nitrogens is 1. The molecule has 0 N–H and O–H groups in total. The molecule has 3 heterocycles. The summed E-state index contributed by atoms with van der Waals surface area (Å²) in [6, 6.07) is 18.6. The molecule has 0 radical (unpaired) electrons. The van der Waals surface area contributed by atoms with Gasteiger partial charge >= 0.3 is 0 Å². The van der Waals surface area contributed by atoms with Crippen LogP contribution in [0.25, 0.3) is 16.3 Å². The largest absolute Gasteiger partial charge is 0.744 e. The maximum atomic E-state index is 10.4. The fourth-order valence-corrected chi connectivity index (χ4v) is 7.10. The number of hydrogen-bond donors (Lipinski definition) is 0. The van der Waals surface area contributed by atoms with Crippen molar-refractivity contribution < 1.29 is 27.0 Å². The molecule has 37 heavy (non-hydrogen) atoms. The Labute approximate surface area is 224 Å². The van der Waals surface area contributed by atoms with Crippen molar-refractivity contribution in [1.82, 2.24) is 0 Å². The molecule has 0 amide bonds. The SMILES string of the molecule is CCN1/C(=C/c2sc3ccccc3[n+]2CC)Sc2cc3c(cc21)OCO3.Cc1ccc(S(=O)(=O)[O-])cc1. The zero-order valence-corrected chi connectivity index (χ0v) is 23.1. The molecule has 3 aromatic carbocycles. The Hall–Kier alpha value is -3.05. The van der Waals surface area contributed by atoms with Gasteiger partial charge in [0, 0.05) is 29.6 Å². The van der Waals surface area contributed by atoms with Gasteiger partial charge in [-0.25, -0.2) is 8.42 Å². The van der Waals surface area contributed by atoms with E-state index in [1.54, 1.807) is 23.9 Å². The monoisotopic (exact) mass is 554 g/mol. The molecule has 4 aromatic rings. The van der Waals surface area contributed by atoms with Crippen molar-refractivity contribution in [3.8, 4) is 11.5 Å². The zero-order chi connectivity index (χ0) is 26.2. The highest BCUT2D eigenvalue weighted by molar-refractivity contribution is 8.04. The van der Waals surface area contributed by atoms with Gasteiger partial charge in [-0.1, -0.05) is 52.9 Å². The molecule has 192 valence electrons. The first-order valence-electron chi connectivity index (χ1n) is 11.8. The van der Waals surface area contributed by atoms with Crippen molar-refractivity contribution in [2.45, 2.75) is 37.1 Å². The lowest BCUT2D eigenvalue weighted by atomic mass is 10.2. The molecular weight excluding hydrogens is 529 g/mol. The van der Waals surface area contributed by atoms with E-state index in [-0.39, 0.29) is 4.90 Å². The number of anilines is 1. The number of para-hydroxylation sites is 1. The summed E-state index contributed by atoms with van der Waals surface area (Å²) in [6.45, 7) is 8.41. The predicted octanol–water partition coefficient (Wildman–Crippen LogP) is 5.77. The van der Waals surface area contributed by atoms with Gasteiger partial charge in [0.2, 0.25) is 12.3 Å². The van der Waals surface area contributed by atoms with E-state index in [1.165, 1.54) is 43.0 Å². The van der Waals surface area contributed by atoms with Crippen molar-refractivity contribution in [1.29, 1.82) is 0 Å². The third kappa shape index (κ3) is 5.19. The van der Waals surface area contributed by atoms with Crippen LogP contribution in [0, 0.1) is 6.92 Å². The summed E-state index contributed by atoms with van der Waals surface area (Å²) in [5.41, 5.74) is 3.44. The smallest absolute Gasteiger partial charge is 0.265 e. The fourth-order valence-electron chi connectivity index (χ4n) is 4.22. The minimum absolute atomic E-state index is 0.178. The summed E-state index contributed by atoms with van der Waals surface area (Å²) in [4.78, 5) is 3.40. The van der Waals surface area contributed by atoms with Crippen LogP contribution in [0.5, 0.6) is 11.5 Å². The number of thioether (sulfide) groups is 1. The summed E-state index contributed by atoms with van der Waals surface area (Å²) in [6.07, 6.45) is 2.31. The molecule has 0 saturated heterocycles. The molecule has 6 rings (SSSR count). The zero-order valence-electron chi connectivity index (χ0n) is 20.6. The molecule has 2 aliphatic heterocycles. The summed E-state index contributed by atoms with van der Waals surface area (Å²) in [5.74, 6) is 1.69. The second-order valence-corrected chi connectivity index (χ2v) is 11.9. The van der Waals surface area contributed by atoms with Crippen LogP contribution in [0.2, 0.25) is 0 Å². The van der Waals surface area contributed by atoms with E-state index in [4.69, 9.17) is 9.47 Å². The van der Waals surface area contributed by atoms with E-state index >= 15 is 0 Å². The van der Waals surface area contributed by atoms with Crippen LogP contribution in [0.4, 0.5) is 5.69 Å². The lowest BCUT2D eigenvalue weighted by molar-refractivity contribution is -0.665. The summed E-state index contributed by atoms with van der Waals surface area (Å²) in [7, 11) is -4.27. The van der Waals surface area contributed by atoms with Gasteiger partial charge in [0.15, 0.2) is 11.5 Å². The van der Waals surface area contributed by atoms with Gasteiger partial charge in [-0.2, -0.15) is 4.57 Å². The van der Waals surface area contributed by atoms with E-state index in [0.717, 1.165) is 30.2 Å². The number of fused-ring (bicyclic) bond motifs is 3. The normalized spacial score (nSPS) is 15.1. The Morgan fingerprint density at radius 3 is 2.43 bits per heavy atom. The number of ether oxygens (including phenoxy) is 2. The second kappa shape index (κ2) is 10.4. The van der Waals surface area contributed by atoms with Crippen LogP contribution < -0.4 is 18.9 Å². The number of aryl methyl sites for hydroxylation is 2. The van der Waals surface area contributed by atoms with Crippen molar-refractivity contribution in [2.24, 2.45) is 0 Å². The number of nitrogens with zero attached hydrogens (tertiary/aromatic N) is 2. The van der Waals surface area contributed by atoms with E-state index in [1.807, 2.05) is 18.3 Å². The lowest BCUT2D eigenvalue weighted by Crippen LogP contribution is -2.33. The first-order valence-corrected chi connectivity index (χ1v) is 14.9. The lowest BCUT2D eigenvalue weighted by Gasteiger charge is -2.17. The first-order chi connectivity index (χ1) is 17.8.